The summed E-state index contributed by atoms with van der Waals surface area (Å²) >= 11 is 7.20. The predicted molar refractivity (Wildman–Crippen MR) is 90.1 cm³/mol. The van der Waals surface area contributed by atoms with Crippen LogP contribution in [-0.2, 0) is 5.75 Å². The van der Waals surface area contributed by atoms with E-state index in [0.717, 1.165) is 12.3 Å². The normalized spacial score (nSPS) is 12.6. The zero-order chi connectivity index (χ0) is 13.7. The average Bonchev–Trinajstić information content (AvgIpc) is 2.83. The van der Waals surface area contributed by atoms with Crippen molar-refractivity contribution in [1.29, 1.82) is 0 Å². The van der Waals surface area contributed by atoms with Crippen molar-refractivity contribution in [1.82, 2.24) is 5.32 Å². The molecule has 0 bridgehead atoms. The molecule has 1 aromatic heterocycles. The molecular weight excluding hydrogens is 338 g/mol. The van der Waals surface area contributed by atoms with E-state index in [2.05, 4.69) is 71.5 Å². The molecule has 1 unspecified atom stereocenters. The first-order chi connectivity index (χ1) is 9.19. The summed E-state index contributed by atoms with van der Waals surface area (Å²) in [7, 11) is 0. The number of halogens is 1. The molecule has 19 heavy (non-hydrogen) atoms. The van der Waals surface area contributed by atoms with Gasteiger partial charge in [0.2, 0.25) is 0 Å². The summed E-state index contributed by atoms with van der Waals surface area (Å²) in [5, 5.41) is 3.43. The first kappa shape index (κ1) is 15.1. The largest absolute Gasteiger partial charge is 0.310 e. The Morgan fingerprint density at radius 1 is 1.21 bits per heavy atom. The van der Waals surface area contributed by atoms with Crippen molar-refractivity contribution < 1.29 is 0 Å². The van der Waals surface area contributed by atoms with Crippen LogP contribution in [0.15, 0.2) is 45.1 Å². The number of nitrogens with one attached hydrogen (secondary N) is 1. The van der Waals surface area contributed by atoms with Crippen LogP contribution in [0.3, 0.4) is 0 Å². The first-order valence-electron chi connectivity index (χ1n) is 6.39. The second-order valence-corrected chi connectivity index (χ2v) is 7.94. The third-order valence-corrected chi connectivity index (χ3v) is 5.77. The van der Waals surface area contributed by atoms with Gasteiger partial charge in [0, 0.05) is 21.6 Å². The maximum atomic E-state index is 3.50. The zero-order valence-electron chi connectivity index (χ0n) is 11.2. The van der Waals surface area contributed by atoms with Crippen LogP contribution in [0, 0.1) is 0 Å². The Balaban J connectivity index is 1.91. The molecule has 0 aliphatic carbocycles. The number of hydrogen-bond acceptors (Lipinski definition) is 3. The lowest BCUT2D eigenvalue weighted by atomic mass is 10.1. The van der Waals surface area contributed by atoms with Crippen molar-refractivity contribution in [2.75, 3.05) is 6.54 Å². The SMILES string of the molecule is CCNC(C)c1ccc(SCc2ccc(Br)s2)cc1. The summed E-state index contributed by atoms with van der Waals surface area (Å²) in [4.78, 5) is 2.74. The summed E-state index contributed by atoms with van der Waals surface area (Å²) in [6.45, 7) is 5.35. The highest BCUT2D eigenvalue weighted by Crippen LogP contribution is 2.29. The number of rotatable bonds is 6. The van der Waals surface area contributed by atoms with Gasteiger partial charge in [0.15, 0.2) is 0 Å². The minimum atomic E-state index is 0.428. The number of hydrogen-bond donors (Lipinski definition) is 1. The van der Waals surface area contributed by atoms with Gasteiger partial charge in [0.1, 0.15) is 0 Å². The summed E-state index contributed by atoms with van der Waals surface area (Å²) < 4.78 is 1.21. The smallest absolute Gasteiger partial charge is 0.0701 e. The second kappa shape index (κ2) is 7.48. The van der Waals surface area contributed by atoms with Crippen molar-refractivity contribution in [2.24, 2.45) is 0 Å². The lowest BCUT2D eigenvalue weighted by Gasteiger charge is -2.12. The van der Waals surface area contributed by atoms with Crippen LogP contribution in [0.25, 0.3) is 0 Å². The van der Waals surface area contributed by atoms with E-state index in [1.165, 1.54) is 19.1 Å². The molecule has 0 radical (unpaired) electrons. The highest BCUT2D eigenvalue weighted by molar-refractivity contribution is 9.11. The highest BCUT2D eigenvalue weighted by atomic mass is 79.9. The van der Waals surface area contributed by atoms with Crippen molar-refractivity contribution in [3.8, 4) is 0 Å². The van der Waals surface area contributed by atoms with Gasteiger partial charge in [-0.15, -0.1) is 23.1 Å². The molecule has 1 aromatic carbocycles. The lowest BCUT2D eigenvalue weighted by molar-refractivity contribution is 0.598. The Labute approximate surface area is 131 Å². The van der Waals surface area contributed by atoms with E-state index in [1.807, 2.05) is 23.1 Å². The van der Waals surface area contributed by atoms with Gasteiger partial charge in [0.25, 0.3) is 0 Å². The fourth-order valence-corrected chi connectivity index (χ4v) is 4.29. The molecule has 0 saturated heterocycles. The molecule has 4 heteroatoms. The number of thioether (sulfide) groups is 1. The van der Waals surface area contributed by atoms with Crippen LogP contribution in [0.5, 0.6) is 0 Å². The van der Waals surface area contributed by atoms with Crippen LogP contribution >= 0.6 is 39.0 Å². The fourth-order valence-electron chi connectivity index (χ4n) is 1.86. The molecule has 1 nitrogen and oxygen atoms in total. The van der Waals surface area contributed by atoms with Crippen LogP contribution in [0.2, 0.25) is 0 Å². The third kappa shape index (κ3) is 4.63. The molecule has 1 heterocycles. The van der Waals surface area contributed by atoms with Crippen molar-refractivity contribution in [3.63, 3.8) is 0 Å². The van der Waals surface area contributed by atoms with Gasteiger partial charge in [-0.3, -0.25) is 0 Å². The summed E-state index contributed by atoms with van der Waals surface area (Å²) in [5.74, 6) is 1.04. The molecule has 0 fully saturated rings. The van der Waals surface area contributed by atoms with Crippen molar-refractivity contribution in [2.45, 2.75) is 30.5 Å². The molecule has 0 aliphatic rings. The Morgan fingerprint density at radius 3 is 2.53 bits per heavy atom. The maximum absolute atomic E-state index is 3.50. The van der Waals surface area contributed by atoms with Crippen molar-refractivity contribution in [3.05, 3.63) is 50.6 Å². The lowest BCUT2D eigenvalue weighted by Crippen LogP contribution is -2.17. The molecule has 0 spiro atoms. The number of thiophene rings is 1. The Morgan fingerprint density at radius 2 is 1.95 bits per heavy atom. The molecular formula is C15H18BrNS2. The molecule has 0 saturated carbocycles. The minimum Gasteiger partial charge on any atom is -0.310 e. The average molecular weight is 356 g/mol. The molecule has 0 amide bonds. The fraction of sp³-hybridized carbons (Fsp3) is 0.333. The van der Waals surface area contributed by atoms with E-state index in [-0.39, 0.29) is 0 Å². The molecule has 0 aliphatic heterocycles. The maximum Gasteiger partial charge on any atom is 0.0701 e. The monoisotopic (exact) mass is 355 g/mol. The van der Waals surface area contributed by atoms with Gasteiger partial charge in [-0.25, -0.2) is 0 Å². The third-order valence-electron chi connectivity index (χ3n) is 2.90. The quantitative estimate of drug-likeness (QED) is 0.689. The minimum absolute atomic E-state index is 0.428. The summed E-state index contributed by atoms with van der Waals surface area (Å²) in [6.07, 6.45) is 0. The molecule has 2 rings (SSSR count). The molecule has 1 N–H and O–H groups in total. The number of benzene rings is 1. The zero-order valence-corrected chi connectivity index (χ0v) is 14.4. The van der Waals surface area contributed by atoms with Gasteiger partial charge < -0.3 is 5.32 Å². The molecule has 102 valence electrons. The summed E-state index contributed by atoms with van der Waals surface area (Å²) in [6, 6.07) is 13.6. The van der Waals surface area contributed by atoms with E-state index in [0.29, 0.717) is 6.04 Å². The van der Waals surface area contributed by atoms with E-state index in [1.54, 1.807) is 0 Å². The summed E-state index contributed by atoms with van der Waals surface area (Å²) in [5.41, 5.74) is 1.35. The van der Waals surface area contributed by atoms with Gasteiger partial charge in [-0.05, 0) is 59.2 Å². The van der Waals surface area contributed by atoms with Gasteiger partial charge in [0.05, 0.1) is 3.79 Å². The van der Waals surface area contributed by atoms with Crippen LogP contribution in [0.4, 0.5) is 0 Å². The molecule has 2 aromatic rings. The van der Waals surface area contributed by atoms with Crippen LogP contribution in [0.1, 0.15) is 30.3 Å². The Bertz CT molecular complexity index is 507. The highest BCUT2D eigenvalue weighted by Gasteiger charge is 2.04. The topological polar surface area (TPSA) is 12.0 Å². The van der Waals surface area contributed by atoms with E-state index in [9.17, 15) is 0 Å². The van der Waals surface area contributed by atoms with Crippen LogP contribution in [-0.4, -0.2) is 6.54 Å². The predicted octanol–water partition coefficient (Wildman–Crippen LogP) is 5.47. The van der Waals surface area contributed by atoms with Crippen LogP contribution < -0.4 is 5.32 Å². The standard InChI is InChI=1S/C15H18BrNS2/c1-3-17-11(2)12-4-6-13(7-5-12)18-10-14-8-9-15(16)19-14/h4-9,11,17H,3,10H2,1-2H3. The molecule has 1 atom stereocenters. The first-order valence-corrected chi connectivity index (χ1v) is 8.99. The Kier molecular flexibility index (Phi) is 5.95. The second-order valence-electron chi connectivity index (χ2n) is 4.34. The van der Waals surface area contributed by atoms with Gasteiger partial charge in [-0.2, -0.15) is 0 Å². The van der Waals surface area contributed by atoms with Gasteiger partial charge >= 0.3 is 0 Å². The van der Waals surface area contributed by atoms with E-state index >= 15 is 0 Å². The Hall–Kier alpha value is -0.290. The van der Waals surface area contributed by atoms with Gasteiger partial charge in [-0.1, -0.05) is 19.1 Å². The van der Waals surface area contributed by atoms with E-state index < -0.39 is 0 Å². The van der Waals surface area contributed by atoms with Crippen molar-refractivity contribution >= 4 is 39.0 Å². The van der Waals surface area contributed by atoms with E-state index in [4.69, 9.17) is 0 Å².